The second-order valence-corrected chi connectivity index (χ2v) is 11.5. The van der Waals surface area contributed by atoms with Crippen LogP contribution in [0.25, 0.3) is 10.8 Å². The number of fused-ring (bicyclic) bond motifs is 4. The zero-order valence-electron chi connectivity index (χ0n) is 22.9. The Hall–Kier alpha value is -4.34. The Bertz CT molecular complexity index is 1770. The number of aliphatic imine (C=N–C) groups is 1. The summed E-state index contributed by atoms with van der Waals surface area (Å²) in [5.41, 5.74) is 8.24. The Morgan fingerprint density at radius 2 is 1.76 bits per heavy atom. The minimum atomic E-state index is 0.272. The molecule has 3 atom stereocenters. The minimum absolute atomic E-state index is 0.272. The van der Waals surface area contributed by atoms with E-state index in [-0.39, 0.29) is 6.04 Å². The van der Waals surface area contributed by atoms with E-state index in [0.29, 0.717) is 18.4 Å². The van der Waals surface area contributed by atoms with E-state index in [4.69, 9.17) is 21.3 Å². The molecule has 202 valence electrons. The SMILES string of the molecule is Cc1ccc2c(c1)[C@@H]1C=CC[C@@H]1[C@H](c1ccc(N=Cc3c(OCc4ccc(Cl)cc4)ccc4ccccc34)cc1)N2. The maximum Gasteiger partial charge on any atom is 0.129 e. The summed E-state index contributed by atoms with van der Waals surface area (Å²) in [6.07, 6.45) is 7.77. The molecule has 0 bridgehead atoms. The molecule has 0 aromatic heterocycles. The molecule has 7 rings (SSSR count). The van der Waals surface area contributed by atoms with Crippen LogP contribution in [0.5, 0.6) is 5.75 Å². The van der Waals surface area contributed by atoms with E-state index in [9.17, 15) is 0 Å². The number of allylic oxidation sites excluding steroid dienone is 2. The zero-order valence-corrected chi connectivity index (χ0v) is 23.7. The van der Waals surface area contributed by atoms with E-state index >= 15 is 0 Å². The van der Waals surface area contributed by atoms with Crippen molar-refractivity contribution in [3.63, 3.8) is 0 Å². The van der Waals surface area contributed by atoms with Crippen molar-refractivity contribution in [2.24, 2.45) is 10.9 Å². The average Bonchev–Trinajstić information content (AvgIpc) is 3.50. The molecule has 1 aliphatic heterocycles. The van der Waals surface area contributed by atoms with Gasteiger partial charge in [0.15, 0.2) is 0 Å². The Morgan fingerprint density at radius 1 is 0.927 bits per heavy atom. The molecule has 41 heavy (non-hydrogen) atoms. The number of anilines is 1. The number of aryl methyl sites for hydroxylation is 1. The normalized spacial score (nSPS) is 19.2. The molecule has 0 unspecified atom stereocenters. The largest absolute Gasteiger partial charge is 0.488 e. The second kappa shape index (κ2) is 10.9. The van der Waals surface area contributed by atoms with E-state index < -0.39 is 0 Å². The summed E-state index contributed by atoms with van der Waals surface area (Å²) in [7, 11) is 0. The van der Waals surface area contributed by atoms with Gasteiger partial charge in [-0.05, 0) is 83.1 Å². The first kappa shape index (κ1) is 25.6. The first-order valence-electron chi connectivity index (χ1n) is 14.2. The van der Waals surface area contributed by atoms with Gasteiger partial charge in [0.2, 0.25) is 0 Å². The van der Waals surface area contributed by atoms with Crippen molar-refractivity contribution in [1.82, 2.24) is 0 Å². The van der Waals surface area contributed by atoms with Gasteiger partial charge >= 0.3 is 0 Å². The summed E-state index contributed by atoms with van der Waals surface area (Å²) < 4.78 is 6.29. The van der Waals surface area contributed by atoms with Gasteiger partial charge in [-0.3, -0.25) is 4.99 Å². The number of ether oxygens (including phenoxy) is 1. The lowest BCUT2D eigenvalue weighted by Crippen LogP contribution is -2.29. The molecule has 0 fully saturated rings. The number of nitrogens with zero attached hydrogens (tertiary/aromatic N) is 1. The van der Waals surface area contributed by atoms with Crippen molar-refractivity contribution in [1.29, 1.82) is 0 Å². The third-order valence-electron chi connectivity index (χ3n) is 8.35. The van der Waals surface area contributed by atoms with Crippen molar-refractivity contribution >= 4 is 40.0 Å². The van der Waals surface area contributed by atoms with Gasteiger partial charge < -0.3 is 10.1 Å². The van der Waals surface area contributed by atoms with Crippen LogP contribution in [0.15, 0.2) is 120 Å². The highest BCUT2D eigenvalue weighted by Crippen LogP contribution is 2.50. The molecule has 1 heterocycles. The standard InChI is InChI=1S/C37H31ClN2O/c1-24-9-19-35-33(21-24)31-7-4-8-32(31)37(40-35)27-12-17-29(18-13-27)39-22-34-30-6-3-2-5-26(30)14-20-36(34)41-23-25-10-15-28(38)16-11-25/h2-7,9-22,31-32,37,40H,8,23H2,1H3/t31-,32+,37+/m1/s1. The van der Waals surface area contributed by atoms with Gasteiger partial charge in [-0.2, -0.15) is 0 Å². The number of benzene rings is 5. The van der Waals surface area contributed by atoms with Crippen LogP contribution in [0.1, 0.15) is 46.2 Å². The molecule has 0 saturated heterocycles. The smallest absolute Gasteiger partial charge is 0.129 e. The monoisotopic (exact) mass is 554 g/mol. The quantitative estimate of drug-likeness (QED) is 0.167. The summed E-state index contributed by atoms with van der Waals surface area (Å²) in [6.45, 7) is 2.63. The van der Waals surface area contributed by atoms with E-state index in [2.05, 4.69) is 97.2 Å². The van der Waals surface area contributed by atoms with Crippen molar-refractivity contribution in [2.45, 2.75) is 31.9 Å². The molecule has 5 aromatic carbocycles. The highest BCUT2D eigenvalue weighted by molar-refractivity contribution is 6.30. The van der Waals surface area contributed by atoms with Crippen LogP contribution in [0, 0.1) is 12.8 Å². The van der Waals surface area contributed by atoms with Crippen LogP contribution >= 0.6 is 11.6 Å². The highest BCUT2D eigenvalue weighted by atomic mass is 35.5. The Kier molecular flexibility index (Phi) is 6.82. The van der Waals surface area contributed by atoms with E-state index in [1.54, 1.807) is 0 Å². The van der Waals surface area contributed by atoms with Crippen LogP contribution in [0.4, 0.5) is 11.4 Å². The zero-order chi connectivity index (χ0) is 27.8. The number of nitrogens with one attached hydrogen (secondary N) is 1. The fourth-order valence-corrected chi connectivity index (χ4v) is 6.35. The molecule has 5 aromatic rings. The molecular weight excluding hydrogens is 524 g/mol. The molecule has 0 saturated carbocycles. The molecule has 3 nitrogen and oxygen atoms in total. The maximum absolute atomic E-state index is 6.29. The van der Waals surface area contributed by atoms with Gasteiger partial charge in [0, 0.05) is 28.4 Å². The fourth-order valence-electron chi connectivity index (χ4n) is 6.23. The summed E-state index contributed by atoms with van der Waals surface area (Å²) in [4.78, 5) is 4.90. The van der Waals surface area contributed by atoms with Crippen LogP contribution < -0.4 is 10.1 Å². The average molecular weight is 555 g/mol. The summed E-state index contributed by atoms with van der Waals surface area (Å²) in [5, 5.41) is 6.83. The third kappa shape index (κ3) is 5.14. The van der Waals surface area contributed by atoms with Gasteiger partial charge in [-0.15, -0.1) is 0 Å². The van der Waals surface area contributed by atoms with Crippen LogP contribution in [0.3, 0.4) is 0 Å². The van der Waals surface area contributed by atoms with E-state index in [1.807, 2.05) is 36.5 Å². The van der Waals surface area contributed by atoms with Crippen molar-refractivity contribution in [2.75, 3.05) is 5.32 Å². The lowest BCUT2D eigenvalue weighted by atomic mass is 9.76. The number of hydrogen-bond donors (Lipinski definition) is 1. The molecule has 1 aliphatic carbocycles. The van der Waals surface area contributed by atoms with E-state index in [0.717, 1.165) is 44.8 Å². The molecule has 0 radical (unpaired) electrons. The lowest BCUT2D eigenvalue weighted by Gasteiger charge is -2.37. The van der Waals surface area contributed by atoms with Crippen molar-refractivity contribution < 1.29 is 4.74 Å². The van der Waals surface area contributed by atoms with E-state index in [1.165, 1.54) is 22.4 Å². The predicted molar refractivity (Wildman–Crippen MR) is 171 cm³/mol. The second-order valence-electron chi connectivity index (χ2n) is 11.0. The Labute approximate surface area is 246 Å². The number of hydrogen-bond acceptors (Lipinski definition) is 3. The highest BCUT2D eigenvalue weighted by Gasteiger charge is 2.37. The molecular formula is C37H31ClN2O. The van der Waals surface area contributed by atoms with Crippen molar-refractivity contribution in [3.8, 4) is 5.75 Å². The topological polar surface area (TPSA) is 33.6 Å². The molecule has 2 aliphatic rings. The maximum atomic E-state index is 6.29. The van der Waals surface area contributed by atoms with Gasteiger partial charge in [-0.25, -0.2) is 0 Å². The summed E-state index contributed by atoms with van der Waals surface area (Å²) in [5.74, 6) is 1.79. The Morgan fingerprint density at radius 3 is 2.61 bits per heavy atom. The van der Waals surface area contributed by atoms with Crippen LogP contribution in [-0.4, -0.2) is 6.21 Å². The molecule has 0 amide bonds. The minimum Gasteiger partial charge on any atom is -0.488 e. The van der Waals surface area contributed by atoms with Crippen LogP contribution in [-0.2, 0) is 6.61 Å². The lowest BCUT2D eigenvalue weighted by molar-refractivity contribution is 0.306. The first-order chi connectivity index (χ1) is 20.1. The number of rotatable bonds is 6. The van der Waals surface area contributed by atoms with Crippen molar-refractivity contribution in [3.05, 3.63) is 148 Å². The van der Waals surface area contributed by atoms with Crippen LogP contribution in [0.2, 0.25) is 5.02 Å². The Balaban J connectivity index is 1.15. The molecule has 1 N–H and O–H groups in total. The molecule has 4 heteroatoms. The fraction of sp³-hybridized carbons (Fsp3) is 0.162. The molecule has 0 spiro atoms. The van der Waals surface area contributed by atoms with Gasteiger partial charge in [0.05, 0.1) is 11.7 Å². The number of halogens is 1. The predicted octanol–water partition coefficient (Wildman–Crippen LogP) is 9.96. The first-order valence-corrected chi connectivity index (χ1v) is 14.6. The van der Waals surface area contributed by atoms with Gasteiger partial charge in [-0.1, -0.05) is 96.0 Å². The summed E-state index contributed by atoms with van der Waals surface area (Å²) in [6, 6.07) is 36.0. The van der Waals surface area contributed by atoms with Gasteiger partial charge in [0.1, 0.15) is 12.4 Å². The third-order valence-corrected chi connectivity index (χ3v) is 8.60. The summed E-state index contributed by atoms with van der Waals surface area (Å²) >= 11 is 6.06. The van der Waals surface area contributed by atoms with Gasteiger partial charge in [0.25, 0.3) is 0 Å².